The first-order valence-electron chi connectivity index (χ1n) is 17.4. The number of hydrogen-bond donors (Lipinski definition) is 0. The average molecular weight is 572 g/mol. The standard InChI is InChI=1S/C42H53N/c1-8-31-26-29(2)27-39(4,28-31)32-18-20-34(21-19-32)43-36-17-13-12-16-35(36)41(6)23-22-30(3)37-38(41)42(43,7)25-24-40(37,5)33-14-10-9-11-15-33/h12-13,16-25,30-31,33H,2,8-11,14-15,26-28H2,1,3-7H3. The van der Waals surface area contributed by atoms with Crippen LogP contribution in [0.5, 0.6) is 0 Å². The molecule has 0 bridgehead atoms. The molecule has 0 aromatic heterocycles. The highest BCUT2D eigenvalue weighted by molar-refractivity contribution is 5.81. The van der Waals surface area contributed by atoms with E-state index in [0.29, 0.717) is 5.92 Å². The first kappa shape index (κ1) is 28.9. The van der Waals surface area contributed by atoms with E-state index in [9.17, 15) is 0 Å². The fourth-order valence-corrected chi connectivity index (χ4v) is 10.7. The zero-order valence-corrected chi connectivity index (χ0v) is 27.7. The molecule has 226 valence electrons. The van der Waals surface area contributed by atoms with Crippen LogP contribution in [-0.2, 0) is 10.8 Å². The number of nitrogens with zero attached hydrogens (tertiary/aromatic N) is 1. The van der Waals surface area contributed by atoms with Gasteiger partial charge in [0, 0.05) is 22.2 Å². The second-order valence-electron chi connectivity index (χ2n) is 15.8. The molecule has 1 aliphatic heterocycles. The quantitative estimate of drug-likeness (QED) is 0.330. The van der Waals surface area contributed by atoms with Gasteiger partial charge in [0.15, 0.2) is 0 Å². The fourth-order valence-electron chi connectivity index (χ4n) is 10.7. The molecule has 0 spiro atoms. The van der Waals surface area contributed by atoms with E-state index < -0.39 is 0 Å². The van der Waals surface area contributed by atoms with Gasteiger partial charge >= 0.3 is 0 Å². The Balaban J connectivity index is 1.38. The molecule has 0 radical (unpaired) electrons. The lowest BCUT2D eigenvalue weighted by Gasteiger charge is -2.60. The molecule has 0 saturated heterocycles. The molecule has 2 aromatic rings. The van der Waals surface area contributed by atoms with Crippen molar-refractivity contribution in [3.05, 3.63) is 107 Å². The Morgan fingerprint density at radius 1 is 0.884 bits per heavy atom. The highest BCUT2D eigenvalue weighted by Gasteiger charge is 2.57. The fraction of sp³-hybridized carbons (Fsp3) is 0.524. The number of benzene rings is 2. The van der Waals surface area contributed by atoms with Gasteiger partial charge in [-0.25, -0.2) is 0 Å². The predicted octanol–water partition coefficient (Wildman–Crippen LogP) is 11.5. The third kappa shape index (κ3) is 4.23. The van der Waals surface area contributed by atoms with Crippen molar-refractivity contribution in [3.8, 4) is 0 Å². The SMILES string of the molecule is C=C1CC(CC)CC(C)(c2ccc(N3c4ccccc4C4(C)C=CC(C)C5=C4C3(C)C=CC5(C)C3CCCCC3)cc2)C1. The van der Waals surface area contributed by atoms with Crippen LogP contribution in [0, 0.1) is 23.2 Å². The number of para-hydroxylation sites is 1. The molecule has 7 rings (SSSR count). The van der Waals surface area contributed by atoms with Gasteiger partial charge in [-0.2, -0.15) is 0 Å². The van der Waals surface area contributed by atoms with Crippen LogP contribution in [-0.4, -0.2) is 5.54 Å². The molecule has 0 N–H and O–H groups in total. The monoisotopic (exact) mass is 571 g/mol. The van der Waals surface area contributed by atoms with Crippen molar-refractivity contribution < 1.29 is 0 Å². The van der Waals surface area contributed by atoms with E-state index >= 15 is 0 Å². The summed E-state index contributed by atoms with van der Waals surface area (Å²) in [6, 6.07) is 19.0. The molecule has 2 aromatic carbocycles. The van der Waals surface area contributed by atoms with Gasteiger partial charge in [-0.05, 0) is 104 Å². The van der Waals surface area contributed by atoms with Crippen LogP contribution in [0.3, 0.4) is 0 Å². The highest BCUT2D eigenvalue weighted by atomic mass is 15.2. The van der Waals surface area contributed by atoms with E-state index in [4.69, 9.17) is 0 Å². The Morgan fingerprint density at radius 3 is 2.33 bits per heavy atom. The first-order valence-corrected chi connectivity index (χ1v) is 17.4. The third-order valence-electron chi connectivity index (χ3n) is 12.8. The van der Waals surface area contributed by atoms with E-state index in [2.05, 4.69) is 126 Å². The Bertz CT molecular complexity index is 1510. The molecule has 2 fully saturated rings. The highest BCUT2D eigenvalue weighted by Crippen LogP contribution is 2.64. The minimum atomic E-state index is -0.233. The summed E-state index contributed by atoms with van der Waals surface area (Å²) in [5.74, 6) is 1.92. The Labute approximate surface area is 261 Å². The topological polar surface area (TPSA) is 3.24 Å². The molecule has 1 heterocycles. The van der Waals surface area contributed by atoms with Crippen LogP contribution in [0.2, 0.25) is 0 Å². The summed E-state index contributed by atoms with van der Waals surface area (Å²) >= 11 is 0. The molecule has 2 saturated carbocycles. The van der Waals surface area contributed by atoms with Gasteiger partial charge in [0.05, 0.1) is 5.54 Å². The van der Waals surface area contributed by atoms with Gasteiger partial charge in [-0.15, -0.1) is 0 Å². The third-order valence-corrected chi connectivity index (χ3v) is 12.8. The van der Waals surface area contributed by atoms with Crippen molar-refractivity contribution in [2.75, 3.05) is 4.90 Å². The molecule has 6 unspecified atom stereocenters. The summed E-state index contributed by atoms with van der Waals surface area (Å²) in [6.45, 7) is 19.3. The van der Waals surface area contributed by atoms with Crippen LogP contribution in [0.1, 0.15) is 110 Å². The maximum atomic E-state index is 4.46. The molecular formula is C42H53N. The smallest absolute Gasteiger partial charge is 0.0833 e. The molecule has 1 heteroatoms. The number of anilines is 2. The molecule has 5 aliphatic rings. The minimum absolute atomic E-state index is 0.107. The lowest BCUT2D eigenvalue weighted by Crippen LogP contribution is -2.58. The molecule has 43 heavy (non-hydrogen) atoms. The summed E-state index contributed by atoms with van der Waals surface area (Å²) in [6.07, 6.45) is 22.0. The Kier molecular flexibility index (Phi) is 6.81. The Morgan fingerprint density at radius 2 is 1.60 bits per heavy atom. The zero-order valence-electron chi connectivity index (χ0n) is 27.7. The second-order valence-corrected chi connectivity index (χ2v) is 15.8. The van der Waals surface area contributed by atoms with Crippen molar-refractivity contribution in [1.29, 1.82) is 0 Å². The number of hydrogen-bond acceptors (Lipinski definition) is 1. The van der Waals surface area contributed by atoms with E-state index in [0.717, 1.165) is 18.3 Å². The minimum Gasteiger partial charge on any atom is -0.328 e. The first-order chi connectivity index (χ1) is 20.5. The van der Waals surface area contributed by atoms with E-state index in [1.165, 1.54) is 79.4 Å². The zero-order chi connectivity index (χ0) is 30.2. The van der Waals surface area contributed by atoms with E-state index in [-0.39, 0.29) is 21.8 Å². The van der Waals surface area contributed by atoms with Crippen LogP contribution in [0.25, 0.3) is 0 Å². The van der Waals surface area contributed by atoms with Crippen molar-refractivity contribution in [3.63, 3.8) is 0 Å². The Hall–Kier alpha value is -2.80. The van der Waals surface area contributed by atoms with Crippen LogP contribution >= 0.6 is 0 Å². The molecule has 1 nitrogen and oxygen atoms in total. The summed E-state index contributed by atoms with van der Waals surface area (Å²) in [5.41, 5.74) is 10.2. The van der Waals surface area contributed by atoms with Crippen LogP contribution in [0.15, 0.2) is 96.1 Å². The number of fused-ring (bicyclic) bond motifs is 2. The van der Waals surface area contributed by atoms with Crippen molar-refractivity contribution in [1.82, 2.24) is 0 Å². The van der Waals surface area contributed by atoms with Gasteiger partial charge in [0.2, 0.25) is 0 Å². The number of rotatable bonds is 4. The number of allylic oxidation sites excluding steroid dienone is 5. The molecule has 4 aliphatic carbocycles. The van der Waals surface area contributed by atoms with Gasteiger partial charge in [-0.3, -0.25) is 0 Å². The van der Waals surface area contributed by atoms with Crippen molar-refractivity contribution >= 4 is 11.4 Å². The average Bonchev–Trinajstić information content (AvgIpc) is 3.01. The summed E-state index contributed by atoms with van der Waals surface area (Å²) < 4.78 is 0. The summed E-state index contributed by atoms with van der Waals surface area (Å²) in [5, 5.41) is 0. The van der Waals surface area contributed by atoms with E-state index in [1.54, 1.807) is 11.1 Å². The van der Waals surface area contributed by atoms with Gasteiger partial charge in [-0.1, -0.05) is 126 Å². The molecule has 0 amide bonds. The van der Waals surface area contributed by atoms with Gasteiger partial charge in [0.1, 0.15) is 0 Å². The predicted molar refractivity (Wildman–Crippen MR) is 184 cm³/mol. The van der Waals surface area contributed by atoms with Gasteiger partial charge < -0.3 is 4.90 Å². The second kappa shape index (κ2) is 10.1. The molecule has 6 atom stereocenters. The maximum Gasteiger partial charge on any atom is 0.0833 e. The van der Waals surface area contributed by atoms with Gasteiger partial charge in [0.25, 0.3) is 0 Å². The summed E-state index contributed by atoms with van der Waals surface area (Å²) in [7, 11) is 0. The van der Waals surface area contributed by atoms with Crippen LogP contribution in [0.4, 0.5) is 11.4 Å². The van der Waals surface area contributed by atoms with Crippen molar-refractivity contribution in [2.45, 2.75) is 116 Å². The lowest BCUT2D eigenvalue weighted by molar-refractivity contribution is 0.204. The van der Waals surface area contributed by atoms with E-state index in [1.807, 2.05) is 0 Å². The summed E-state index contributed by atoms with van der Waals surface area (Å²) in [4.78, 5) is 2.68. The molecular weight excluding hydrogens is 518 g/mol. The normalized spacial score (nSPS) is 37.3. The van der Waals surface area contributed by atoms with Crippen molar-refractivity contribution in [2.24, 2.45) is 23.2 Å². The lowest BCUT2D eigenvalue weighted by atomic mass is 9.50. The largest absolute Gasteiger partial charge is 0.328 e. The maximum absolute atomic E-state index is 4.46. The van der Waals surface area contributed by atoms with Crippen LogP contribution < -0.4 is 4.90 Å².